The minimum Gasteiger partial charge on any atom is -0.456 e. The summed E-state index contributed by atoms with van der Waals surface area (Å²) in [6.45, 7) is 0. The normalized spacial score (nSPS) is 11.7. The Morgan fingerprint density at radius 1 is 0.370 bits per heavy atom. The first-order valence-corrected chi connectivity index (χ1v) is 18.1. The van der Waals surface area contributed by atoms with Gasteiger partial charge in [0.2, 0.25) is 0 Å². The predicted octanol–water partition coefficient (Wildman–Crippen LogP) is 12.7. The smallest absolute Gasteiger partial charge is 0.164 e. The van der Waals surface area contributed by atoms with E-state index in [-0.39, 0.29) is 0 Å². The monoisotopic (exact) mass is 690 g/mol. The van der Waals surface area contributed by atoms with Crippen LogP contribution in [0.25, 0.3) is 105 Å². The molecule has 0 atom stereocenters. The Balaban J connectivity index is 1.11. The Kier molecular flexibility index (Phi) is 6.79. The number of hydrogen-bond acceptors (Lipinski definition) is 4. The number of fused-ring (bicyclic) bond motifs is 7. The summed E-state index contributed by atoms with van der Waals surface area (Å²) < 4.78 is 8.99. The zero-order valence-corrected chi connectivity index (χ0v) is 29.0. The molecule has 5 heteroatoms. The number of aromatic nitrogens is 4. The van der Waals surface area contributed by atoms with Gasteiger partial charge in [0.25, 0.3) is 0 Å². The molecule has 0 aliphatic heterocycles. The van der Waals surface area contributed by atoms with Gasteiger partial charge in [-0.3, -0.25) is 0 Å². The van der Waals surface area contributed by atoms with Crippen LogP contribution in [0.3, 0.4) is 0 Å². The first-order valence-electron chi connectivity index (χ1n) is 18.1. The summed E-state index contributed by atoms with van der Waals surface area (Å²) in [7, 11) is 0. The van der Waals surface area contributed by atoms with Gasteiger partial charge in [-0.1, -0.05) is 146 Å². The second-order valence-corrected chi connectivity index (χ2v) is 13.6. The van der Waals surface area contributed by atoms with Gasteiger partial charge in [0, 0.05) is 44.3 Å². The van der Waals surface area contributed by atoms with Crippen LogP contribution >= 0.6 is 0 Å². The molecule has 0 spiro atoms. The van der Waals surface area contributed by atoms with Crippen molar-refractivity contribution in [3.63, 3.8) is 0 Å². The fourth-order valence-corrected chi connectivity index (χ4v) is 7.87. The summed E-state index contributed by atoms with van der Waals surface area (Å²) in [5, 5.41) is 7.05. The highest BCUT2D eigenvalue weighted by atomic mass is 16.3. The summed E-state index contributed by atoms with van der Waals surface area (Å²) in [6.07, 6.45) is 0. The molecule has 0 saturated heterocycles. The lowest BCUT2D eigenvalue weighted by atomic mass is 9.97. The molecule has 54 heavy (non-hydrogen) atoms. The second kappa shape index (κ2) is 12.1. The Hall–Kier alpha value is -7.37. The Morgan fingerprint density at radius 3 is 1.59 bits per heavy atom. The van der Waals surface area contributed by atoms with Gasteiger partial charge in [-0.2, -0.15) is 0 Å². The van der Waals surface area contributed by atoms with Crippen molar-refractivity contribution in [2.24, 2.45) is 0 Å². The van der Waals surface area contributed by atoms with Crippen molar-refractivity contribution in [3.05, 3.63) is 182 Å². The van der Waals surface area contributed by atoms with Crippen LogP contribution in [0.1, 0.15) is 0 Å². The molecule has 8 aromatic carbocycles. The highest BCUT2D eigenvalue weighted by molar-refractivity contribution is 6.16. The molecule has 0 N–H and O–H groups in total. The molecule has 0 fully saturated rings. The molecule has 0 unspecified atom stereocenters. The van der Waals surface area contributed by atoms with Crippen LogP contribution in [0.4, 0.5) is 0 Å². The highest BCUT2D eigenvalue weighted by Crippen LogP contribution is 2.42. The van der Waals surface area contributed by atoms with E-state index >= 15 is 0 Å². The average Bonchev–Trinajstić information content (AvgIpc) is 3.78. The number of benzene rings is 8. The maximum absolute atomic E-state index is 6.61. The maximum atomic E-state index is 6.61. The van der Waals surface area contributed by atoms with Crippen molar-refractivity contribution in [2.75, 3.05) is 0 Å². The molecule has 0 bridgehead atoms. The molecule has 0 saturated carbocycles. The van der Waals surface area contributed by atoms with Crippen LogP contribution < -0.4 is 0 Å². The third kappa shape index (κ3) is 4.90. The van der Waals surface area contributed by atoms with E-state index in [2.05, 4.69) is 114 Å². The summed E-state index contributed by atoms with van der Waals surface area (Å²) in [5.74, 6) is 1.91. The molecular formula is C49H30N4O. The van der Waals surface area contributed by atoms with Crippen LogP contribution in [-0.4, -0.2) is 19.5 Å². The summed E-state index contributed by atoms with van der Waals surface area (Å²) in [6, 6.07) is 63.4. The lowest BCUT2D eigenvalue weighted by molar-refractivity contribution is 0.668. The van der Waals surface area contributed by atoms with Gasteiger partial charge in [-0.15, -0.1) is 0 Å². The third-order valence-corrected chi connectivity index (χ3v) is 10.4. The Labute approximate surface area is 310 Å². The van der Waals surface area contributed by atoms with Crippen molar-refractivity contribution in [2.45, 2.75) is 0 Å². The second-order valence-electron chi connectivity index (χ2n) is 13.6. The number of para-hydroxylation sites is 2. The zero-order chi connectivity index (χ0) is 35.6. The minimum atomic E-state index is 0.624. The topological polar surface area (TPSA) is 56.7 Å². The molecule has 11 aromatic rings. The van der Waals surface area contributed by atoms with Crippen LogP contribution in [-0.2, 0) is 0 Å². The van der Waals surface area contributed by atoms with E-state index in [9.17, 15) is 0 Å². The number of rotatable bonds is 5. The van der Waals surface area contributed by atoms with Crippen LogP contribution in [0.15, 0.2) is 186 Å². The van der Waals surface area contributed by atoms with E-state index in [1.54, 1.807) is 0 Å². The van der Waals surface area contributed by atoms with Crippen molar-refractivity contribution in [1.29, 1.82) is 0 Å². The van der Waals surface area contributed by atoms with E-state index in [0.29, 0.717) is 17.5 Å². The van der Waals surface area contributed by atoms with Crippen molar-refractivity contribution >= 4 is 54.5 Å². The SMILES string of the molecule is c1ccc(-c2nc(-c3ccccc3)nc(-c3ccc(-c4cc(-n5c6ccccc6c6cc7ccccc7cc65)cc5oc6ccccc6c45)cc3)n2)cc1. The van der Waals surface area contributed by atoms with Gasteiger partial charge in [-0.25, -0.2) is 15.0 Å². The highest BCUT2D eigenvalue weighted by Gasteiger charge is 2.19. The van der Waals surface area contributed by atoms with Crippen LogP contribution in [0.2, 0.25) is 0 Å². The Morgan fingerprint density at radius 2 is 0.907 bits per heavy atom. The van der Waals surface area contributed by atoms with Gasteiger partial charge < -0.3 is 8.98 Å². The largest absolute Gasteiger partial charge is 0.456 e. The summed E-state index contributed by atoms with van der Waals surface area (Å²) in [5.41, 5.74) is 10.0. The van der Waals surface area contributed by atoms with Gasteiger partial charge in [0.1, 0.15) is 11.2 Å². The van der Waals surface area contributed by atoms with Gasteiger partial charge >= 0.3 is 0 Å². The lowest BCUT2D eigenvalue weighted by Crippen LogP contribution is -2.00. The molecule has 5 nitrogen and oxygen atoms in total. The van der Waals surface area contributed by atoms with Gasteiger partial charge in [0.15, 0.2) is 17.5 Å². The van der Waals surface area contributed by atoms with Crippen molar-refractivity contribution < 1.29 is 4.42 Å². The fraction of sp³-hybridized carbons (Fsp3) is 0. The number of furan rings is 1. The predicted molar refractivity (Wildman–Crippen MR) is 221 cm³/mol. The number of nitrogens with zero attached hydrogens (tertiary/aromatic N) is 4. The number of hydrogen-bond donors (Lipinski definition) is 0. The van der Waals surface area contributed by atoms with Crippen LogP contribution in [0.5, 0.6) is 0 Å². The van der Waals surface area contributed by atoms with Gasteiger partial charge in [0.05, 0.1) is 16.7 Å². The zero-order valence-electron chi connectivity index (χ0n) is 29.0. The molecule has 0 amide bonds. The molecular weight excluding hydrogens is 661 g/mol. The first kappa shape index (κ1) is 30.3. The molecule has 252 valence electrons. The molecule has 0 radical (unpaired) electrons. The first-order chi connectivity index (χ1) is 26.7. The molecule has 11 rings (SSSR count). The van der Waals surface area contributed by atoms with E-state index < -0.39 is 0 Å². The lowest BCUT2D eigenvalue weighted by Gasteiger charge is -2.13. The van der Waals surface area contributed by atoms with E-state index in [1.807, 2.05) is 72.8 Å². The molecule has 3 aromatic heterocycles. The Bertz CT molecular complexity index is 3140. The summed E-state index contributed by atoms with van der Waals surface area (Å²) >= 11 is 0. The summed E-state index contributed by atoms with van der Waals surface area (Å²) in [4.78, 5) is 14.8. The van der Waals surface area contributed by atoms with Crippen LogP contribution in [0, 0.1) is 0 Å². The van der Waals surface area contributed by atoms with E-state index in [4.69, 9.17) is 19.4 Å². The van der Waals surface area contributed by atoms with E-state index in [1.165, 1.54) is 21.5 Å². The minimum absolute atomic E-state index is 0.624. The fourth-order valence-electron chi connectivity index (χ4n) is 7.87. The molecule has 3 heterocycles. The maximum Gasteiger partial charge on any atom is 0.164 e. The van der Waals surface area contributed by atoms with Crippen molar-refractivity contribution in [1.82, 2.24) is 19.5 Å². The molecule has 0 aliphatic rings. The van der Waals surface area contributed by atoms with Gasteiger partial charge in [-0.05, 0) is 52.2 Å². The average molecular weight is 691 g/mol. The third-order valence-electron chi connectivity index (χ3n) is 10.4. The quantitative estimate of drug-likeness (QED) is 0.180. The van der Waals surface area contributed by atoms with E-state index in [0.717, 1.165) is 66.5 Å². The standard InChI is InChI=1S/C49H30N4O/c1-3-13-32(14-4-1)47-50-48(33-15-5-2-6-16-33)52-49(51-47)34-25-23-31(24-26-34)40-29-37(30-45-46(40)39-20-10-12-22-44(39)54-45)53-42-21-11-9-19-38(42)41-27-35-17-7-8-18-36(35)28-43(41)53/h1-30H. The molecule has 0 aliphatic carbocycles. The van der Waals surface area contributed by atoms with Crippen molar-refractivity contribution in [3.8, 4) is 51.0 Å².